The van der Waals surface area contributed by atoms with Gasteiger partial charge in [-0.15, -0.1) is 0 Å². The lowest BCUT2D eigenvalue weighted by molar-refractivity contribution is 0.0730. The second-order valence-corrected chi connectivity index (χ2v) is 7.13. The molecule has 2 aromatic heterocycles. The molecule has 2 N–H and O–H groups in total. The highest BCUT2D eigenvalue weighted by molar-refractivity contribution is 5.95. The van der Waals surface area contributed by atoms with Gasteiger partial charge in [0.05, 0.1) is 6.20 Å². The Hall–Kier alpha value is -3.15. The number of rotatable bonds is 5. The summed E-state index contributed by atoms with van der Waals surface area (Å²) >= 11 is 0. The number of carbonyl (C=O) groups is 1. The number of pyridine rings is 1. The molecular weight excluding hydrogens is 338 g/mol. The van der Waals surface area contributed by atoms with Crippen molar-refractivity contribution in [3.05, 3.63) is 65.6 Å². The molecule has 6 heteroatoms. The summed E-state index contributed by atoms with van der Waals surface area (Å²) in [5.41, 5.74) is 10.4. The third-order valence-electron chi connectivity index (χ3n) is 4.91. The van der Waals surface area contributed by atoms with E-state index in [9.17, 15) is 4.79 Å². The number of nitrogens with zero attached hydrogens (tertiary/aromatic N) is 4. The van der Waals surface area contributed by atoms with E-state index in [4.69, 9.17) is 5.73 Å². The molecule has 0 unspecified atom stereocenters. The molecule has 0 aliphatic heterocycles. The first-order chi connectivity index (χ1) is 13.0. The van der Waals surface area contributed by atoms with Crippen molar-refractivity contribution in [1.82, 2.24) is 19.7 Å². The Morgan fingerprint density at radius 1 is 1.22 bits per heavy atom. The van der Waals surface area contributed by atoms with Crippen molar-refractivity contribution in [2.24, 2.45) is 7.05 Å². The van der Waals surface area contributed by atoms with Crippen molar-refractivity contribution in [2.75, 3.05) is 5.73 Å². The van der Waals surface area contributed by atoms with Gasteiger partial charge in [0.15, 0.2) is 0 Å². The Balaban J connectivity index is 1.55. The molecule has 0 saturated heterocycles. The van der Waals surface area contributed by atoms with Gasteiger partial charge in [0.1, 0.15) is 5.82 Å². The van der Waals surface area contributed by atoms with Crippen LogP contribution in [-0.2, 0) is 13.6 Å². The van der Waals surface area contributed by atoms with Gasteiger partial charge in [0.25, 0.3) is 5.91 Å². The van der Waals surface area contributed by atoms with E-state index in [1.807, 2.05) is 61.6 Å². The van der Waals surface area contributed by atoms with Gasteiger partial charge in [-0.25, -0.2) is 4.98 Å². The molecule has 1 saturated carbocycles. The summed E-state index contributed by atoms with van der Waals surface area (Å²) in [6.45, 7) is 2.54. The van der Waals surface area contributed by atoms with Gasteiger partial charge in [-0.1, -0.05) is 12.1 Å². The Kier molecular flexibility index (Phi) is 4.39. The maximum atomic E-state index is 13.1. The van der Waals surface area contributed by atoms with Crippen molar-refractivity contribution in [1.29, 1.82) is 0 Å². The minimum Gasteiger partial charge on any atom is -0.384 e. The van der Waals surface area contributed by atoms with E-state index >= 15 is 0 Å². The summed E-state index contributed by atoms with van der Waals surface area (Å²) in [6.07, 6.45) is 5.92. The fourth-order valence-electron chi connectivity index (χ4n) is 3.35. The molecule has 6 nitrogen and oxygen atoms in total. The number of amides is 1. The van der Waals surface area contributed by atoms with Gasteiger partial charge in [-0.05, 0) is 49.6 Å². The lowest BCUT2D eigenvalue weighted by atomic mass is 10.0. The van der Waals surface area contributed by atoms with Crippen LogP contribution in [0.1, 0.15) is 34.5 Å². The van der Waals surface area contributed by atoms with Gasteiger partial charge < -0.3 is 10.6 Å². The van der Waals surface area contributed by atoms with Crippen molar-refractivity contribution >= 4 is 11.7 Å². The molecule has 4 rings (SSSR count). The van der Waals surface area contributed by atoms with Gasteiger partial charge in [-0.2, -0.15) is 5.10 Å². The number of hydrogen-bond donors (Lipinski definition) is 1. The predicted molar refractivity (Wildman–Crippen MR) is 105 cm³/mol. The zero-order valence-corrected chi connectivity index (χ0v) is 15.6. The Morgan fingerprint density at radius 3 is 2.56 bits per heavy atom. The summed E-state index contributed by atoms with van der Waals surface area (Å²) in [6, 6.07) is 11.8. The number of benzene rings is 1. The van der Waals surface area contributed by atoms with Crippen LogP contribution in [0, 0.1) is 6.92 Å². The van der Waals surface area contributed by atoms with E-state index in [2.05, 4.69) is 10.1 Å². The number of aromatic nitrogens is 3. The van der Waals surface area contributed by atoms with Crippen LogP contribution in [0.25, 0.3) is 11.1 Å². The van der Waals surface area contributed by atoms with Crippen molar-refractivity contribution in [3.63, 3.8) is 0 Å². The maximum absolute atomic E-state index is 13.1. The topological polar surface area (TPSA) is 77.0 Å². The highest BCUT2D eigenvalue weighted by atomic mass is 16.2. The normalized spacial score (nSPS) is 13.6. The molecule has 1 aromatic carbocycles. The lowest BCUT2D eigenvalue weighted by Gasteiger charge is -2.22. The molecule has 1 aliphatic rings. The van der Waals surface area contributed by atoms with E-state index in [1.165, 1.54) is 0 Å². The summed E-state index contributed by atoms with van der Waals surface area (Å²) in [5, 5.41) is 4.20. The van der Waals surface area contributed by atoms with Gasteiger partial charge in [0.2, 0.25) is 0 Å². The monoisotopic (exact) mass is 361 g/mol. The summed E-state index contributed by atoms with van der Waals surface area (Å²) in [5.74, 6) is 0.582. The van der Waals surface area contributed by atoms with Crippen LogP contribution in [0.2, 0.25) is 0 Å². The van der Waals surface area contributed by atoms with Crippen LogP contribution in [-0.4, -0.2) is 31.6 Å². The highest BCUT2D eigenvalue weighted by Gasteiger charge is 2.33. The van der Waals surface area contributed by atoms with Crippen LogP contribution < -0.4 is 5.73 Å². The lowest BCUT2D eigenvalue weighted by Crippen LogP contribution is -2.32. The largest absolute Gasteiger partial charge is 0.384 e. The molecule has 1 aliphatic carbocycles. The van der Waals surface area contributed by atoms with Crippen molar-refractivity contribution in [2.45, 2.75) is 32.4 Å². The Labute approximate surface area is 158 Å². The molecule has 2 heterocycles. The Morgan fingerprint density at radius 2 is 1.96 bits per heavy atom. The van der Waals surface area contributed by atoms with Crippen LogP contribution >= 0.6 is 0 Å². The molecule has 27 heavy (non-hydrogen) atoms. The average Bonchev–Trinajstić information content (AvgIpc) is 3.41. The number of carbonyl (C=O) groups excluding carboxylic acids is 1. The number of nitrogens with two attached hydrogens (primary N) is 1. The third kappa shape index (κ3) is 3.69. The molecule has 0 bridgehead atoms. The first-order valence-electron chi connectivity index (χ1n) is 9.13. The Bertz CT molecular complexity index is 972. The smallest absolute Gasteiger partial charge is 0.254 e. The summed E-state index contributed by atoms with van der Waals surface area (Å²) in [4.78, 5) is 19.3. The second kappa shape index (κ2) is 6.87. The fraction of sp³-hybridized carbons (Fsp3) is 0.286. The first-order valence-corrected chi connectivity index (χ1v) is 9.13. The van der Waals surface area contributed by atoms with Gasteiger partial charge in [-0.3, -0.25) is 9.48 Å². The zero-order valence-electron chi connectivity index (χ0n) is 15.6. The van der Waals surface area contributed by atoms with E-state index < -0.39 is 0 Å². The number of aryl methyl sites for hydroxylation is 2. The van der Waals surface area contributed by atoms with Crippen LogP contribution in [0.3, 0.4) is 0 Å². The minimum absolute atomic E-state index is 0.0695. The van der Waals surface area contributed by atoms with Gasteiger partial charge in [0, 0.05) is 48.2 Å². The van der Waals surface area contributed by atoms with Crippen LogP contribution in [0.4, 0.5) is 5.82 Å². The van der Waals surface area contributed by atoms with E-state index in [1.54, 1.807) is 10.7 Å². The molecule has 1 fully saturated rings. The average molecular weight is 361 g/mol. The second-order valence-electron chi connectivity index (χ2n) is 7.13. The molecule has 0 spiro atoms. The standard InChI is InChI=1S/C21H23N5O/c1-14-19(9-10-20(22)24-14)16-3-5-17(6-4-16)21(27)26(18-7-8-18)13-15-11-23-25(2)12-15/h3-6,9-12,18H,7-8,13H2,1-2H3,(H2,22,24). The number of anilines is 1. The third-order valence-corrected chi connectivity index (χ3v) is 4.91. The minimum atomic E-state index is 0.0695. The van der Waals surface area contributed by atoms with Crippen molar-refractivity contribution < 1.29 is 4.79 Å². The van der Waals surface area contributed by atoms with E-state index in [0.717, 1.165) is 35.2 Å². The van der Waals surface area contributed by atoms with Crippen LogP contribution in [0.5, 0.6) is 0 Å². The zero-order chi connectivity index (χ0) is 19.0. The van der Waals surface area contributed by atoms with Crippen molar-refractivity contribution in [3.8, 4) is 11.1 Å². The van der Waals surface area contributed by atoms with Gasteiger partial charge >= 0.3 is 0 Å². The molecule has 1 amide bonds. The molecular formula is C21H23N5O. The van der Waals surface area contributed by atoms with E-state index in [0.29, 0.717) is 24.0 Å². The SMILES string of the molecule is Cc1nc(N)ccc1-c1ccc(C(=O)N(Cc2cnn(C)c2)C2CC2)cc1. The maximum Gasteiger partial charge on any atom is 0.254 e. The van der Waals surface area contributed by atoms with E-state index in [-0.39, 0.29) is 5.91 Å². The molecule has 138 valence electrons. The molecule has 3 aromatic rings. The summed E-state index contributed by atoms with van der Waals surface area (Å²) in [7, 11) is 1.89. The first kappa shape index (κ1) is 17.3. The van der Waals surface area contributed by atoms with Crippen LogP contribution in [0.15, 0.2) is 48.8 Å². The molecule has 0 atom stereocenters. The quantitative estimate of drug-likeness (QED) is 0.757. The highest BCUT2D eigenvalue weighted by Crippen LogP contribution is 2.30. The number of hydrogen-bond acceptors (Lipinski definition) is 4. The number of nitrogen functional groups attached to an aromatic ring is 1. The summed E-state index contributed by atoms with van der Waals surface area (Å²) < 4.78 is 1.77. The fourth-order valence-corrected chi connectivity index (χ4v) is 3.35. The molecule has 0 radical (unpaired) electrons. The predicted octanol–water partition coefficient (Wildman–Crippen LogP) is 3.18.